The molecule has 3 aromatic rings. The molecule has 0 aliphatic heterocycles. The van der Waals surface area contributed by atoms with Crippen molar-refractivity contribution in [2.75, 3.05) is 5.32 Å². The molecule has 0 bridgehead atoms. The average molecular weight is 386 g/mol. The monoisotopic (exact) mass is 386 g/mol. The van der Waals surface area contributed by atoms with Crippen LogP contribution in [0.3, 0.4) is 0 Å². The Labute approximate surface area is 159 Å². The molecule has 7 heteroatoms. The highest BCUT2D eigenvalue weighted by Gasteiger charge is 2.30. The lowest BCUT2D eigenvalue weighted by atomic mass is 10.1. The number of carbonyl (C=O) groups excluding carboxylic acids is 1. The van der Waals surface area contributed by atoms with Crippen LogP contribution in [0.25, 0.3) is 0 Å². The Balaban J connectivity index is 1.84. The molecule has 1 N–H and O–H groups in total. The molecular formula is C21H17F3N2O2. The smallest absolute Gasteiger partial charge is 0.322 e. The number of aryl methyl sites for hydroxylation is 1. The van der Waals surface area contributed by atoms with Gasteiger partial charge in [0.1, 0.15) is 5.56 Å². The van der Waals surface area contributed by atoms with E-state index in [0.717, 1.165) is 17.7 Å². The van der Waals surface area contributed by atoms with E-state index in [1.54, 1.807) is 12.1 Å². The highest BCUT2D eigenvalue weighted by Crippen LogP contribution is 2.29. The van der Waals surface area contributed by atoms with E-state index < -0.39 is 23.2 Å². The predicted octanol–water partition coefficient (Wildman–Crippen LogP) is 4.48. The fourth-order valence-electron chi connectivity index (χ4n) is 2.71. The quantitative estimate of drug-likeness (QED) is 0.719. The summed E-state index contributed by atoms with van der Waals surface area (Å²) in [5.41, 5.74) is 0.434. The summed E-state index contributed by atoms with van der Waals surface area (Å²) < 4.78 is 39.8. The van der Waals surface area contributed by atoms with Crippen molar-refractivity contribution in [3.05, 3.63) is 99.5 Å². The lowest BCUT2D eigenvalue weighted by molar-refractivity contribution is -0.137. The fraction of sp³-hybridized carbons (Fsp3) is 0.143. The zero-order valence-electron chi connectivity index (χ0n) is 15.0. The first-order valence-electron chi connectivity index (χ1n) is 8.47. The number of hydrogen-bond donors (Lipinski definition) is 1. The van der Waals surface area contributed by atoms with Crippen molar-refractivity contribution in [1.29, 1.82) is 0 Å². The number of rotatable bonds is 4. The van der Waals surface area contributed by atoms with Crippen molar-refractivity contribution < 1.29 is 18.0 Å². The molecular weight excluding hydrogens is 369 g/mol. The van der Waals surface area contributed by atoms with E-state index in [1.807, 2.05) is 19.1 Å². The van der Waals surface area contributed by atoms with E-state index in [1.165, 1.54) is 35.0 Å². The van der Waals surface area contributed by atoms with Crippen LogP contribution in [-0.4, -0.2) is 10.5 Å². The van der Waals surface area contributed by atoms with Crippen LogP contribution in [0.5, 0.6) is 0 Å². The molecule has 0 saturated heterocycles. The Hall–Kier alpha value is -3.35. The molecule has 0 saturated carbocycles. The van der Waals surface area contributed by atoms with Crippen molar-refractivity contribution in [3.8, 4) is 0 Å². The molecule has 0 fully saturated rings. The van der Waals surface area contributed by atoms with E-state index in [9.17, 15) is 22.8 Å². The minimum Gasteiger partial charge on any atom is -0.322 e. The minimum absolute atomic E-state index is 0.0750. The van der Waals surface area contributed by atoms with Crippen LogP contribution in [0, 0.1) is 6.92 Å². The summed E-state index contributed by atoms with van der Waals surface area (Å²) in [5.74, 6) is -0.577. The molecule has 1 heterocycles. The SMILES string of the molecule is Cc1ccc(NC(=O)c2cccn(Cc3cccc(C(F)(F)F)c3)c2=O)cc1. The summed E-state index contributed by atoms with van der Waals surface area (Å²) >= 11 is 0. The second-order valence-corrected chi connectivity index (χ2v) is 6.37. The van der Waals surface area contributed by atoms with Gasteiger partial charge in [-0.2, -0.15) is 13.2 Å². The molecule has 0 unspecified atom stereocenters. The number of nitrogens with zero attached hydrogens (tertiary/aromatic N) is 1. The number of hydrogen-bond acceptors (Lipinski definition) is 2. The molecule has 0 radical (unpaired) electrons. The predicted molar refractivity (Wildman–Crippen MR) is 100 cm³/mol. The first-order valence-corrected chi connectivity index (χ1v) is 8.47. The molecule has 1 aromatic heterocycles. The highest BCUT2D eigenvalue weighted by atomic mass is 19.4. The number of benzene rings is 2. The van der Waals surface area contributed by atoms with Crippen LogP contribution in [0.4, 0.5) is 18.9 Å². The van der Waals surface area contributed by atoms with Gasteiger partial charge >= 0.3 is 6.18 Å². The first-order chi connectivity index (χ1) is 13.2. The van der Waals surface area contributed by atoms with Crippen molar-refractivity contribution in [3.63, 3.8) is 0 Å². The second kappa shape index (κ2) is 7.72. The van der Waals surface area contributed by atoms with Gasteiger partial charge < -0.3 is 9.88 Å². The normalized spacial score (nSPS) is 11.3. The molecule has 1 amide bonds. The van der Waals surface area contributed by atoms with Crippen molar-refractivity contribution >= 4 is 11.6 Å². The van der Waals surface area contributed by atoms with Crippen molar-refractivity contribution in [1.82, 2.24) is 4.57 Å². The molecule has 28 heavy (non-hydrogen) atoms. The molecule has 0 aliphatic rings. The van der Waals surface area contributed by atoms with Gasteiger partial charge in [0.05, 0.1) is 12.1 Å². The number of pyridine rings is 1. The van der Waals surface area contributed by atoms with Gasteiger partial charge in [0, 0.05) is 11.9 Å². The standard InChI is InChI=1S/C21H17F3N2O2/c1-14-7-9-17(10-8-14)25-19(27)18-6-3-11-26(20(18)28)13-15-4-2-5-16(12-15)21(22,23)24/h2-12H,13H2,1H3,(H,25,27). The number of halogens is 3. The third kappa shape index (κ3) is 4.49. The van der Waals surface area contributed by atoms with Gasteiger partial charge in [-0.1, -0.05) is 29.8 Å². The third-order valence-electron chi connectivity index (χ3n) is 4.18. The maximum absolute atomic E-state index is 12.9. The molecule has 0 aliphatic carbocycles. The van der Waals surface area contributed by atoms with Gasteiger partial charge in [-0.15, -0.1) is 0 Å². The summed E-state index contributed by atoms with van der Waals surface area (Å²) in [6.45, 7) is 1.84. The maximum Gasteiger partial charge on any atom is 0.416 e. The summed E-state index contributed by atoms with van der Waals surface area (Å²) in [6.07, 6.45) is -3.03. The van der Waals surface area contributed by atoms with Gasteiger partial charge in [0.25, 0.3) is 11.5 Å². The summed E-state index contributed by atoms with van der Waals surface area (Å²) in [6, 6.07) is 14.7. The second-order valence-electron chi connectivity index (χ2n) is 6.37. The zero-order chi connectivity index (χ0) is 20.3. The van der Waals surface area contributed by atoms with Crippen molar-refractivity contribution in [2.24, 2.45) is 0 Å². The van der Waals surface area contributed by atoms with Gasteiger partial charge in [0.15, 0.2) is 0 Å². The number of nitrogens with one attached hydrogen (secondary N) is 1. The van der Waals surface area contributed by atoms with E-state index in [4.69, 9.17) is 0 Å². The average Bonchev–Trinajstić information content (AvgIpc) is 2.65. The molecule has 144 valence electrons. The Bertz CT molecular complexity index is 1050. The number of aromatic nitrogens is 1. The number of carbonyl (C=O) groups is 1. The van der Waals surface area contributed by atoms with Gasteiger partial charge in [-0.05, 0) is 48.9 Å². The minimum atomic E-state index is -4.46. The van der Waals surface area contributed by atoms with Crippen LogP contribution in [0.1, 0.15) is 27.0 Å². The van der Waals surface area contributed by atoms with Crippen LogP contribution in [0.2, 0.25) is 0 Å². The number of amides is 1. The summed E-state index contributed by atoms with van der Waals surface area (Å²) in [4.78, 5) is 25.1. The summed E-state index contributed by atoms with van der Waals surface area (Å²) in [5, 5.41) is 2.65. The van der Waals surface area contributed by atoms with Gasteiger partial charge in [-0.25, -0.2) is 0 Å². The van der Waals surface area contributed by atoms with Gasteiger partial charge in [0.2, 0.25) is 0 Å². The van der Waals surface area contributed by atoms with Gasteiger partial charge in [-0.3, -0.25) is 9.59 Å². The van der Waals surface area contributed by atoms with Crippen LogP contribution < -0.4 is 10.9 Å². The molecule has 2 aromatic carbocycles. The van der Waals surface area contributed by atoms with E-state index in [2.05, 4.69) is 5.32 Å². The Morgan fingerprint density at radius 3 is 2.43 bits per heavy atom. The molecule has 0 spiro atoms. The van der Waals surface area contributed by atoms with E-state index in [-0.39, 0.29) is 12.1 Å². The Morgan fingerprint density at radius 1 is 1.04 bits per heavy atom. The third-order valence-corrected chi connectivity index (χ3v) is 4.18. The topological polar surface area (TPSA) is 51.1 Å². The van der Waals surface area contributed by atoms with E-state index in [0.29, 0.717) is 11.3 Å². The van der Waals surface area contributed by atoms with Crippen LogP contribution >= 0.6 is 0 Å². The first kappa shape index (κ1) is 19.4. The number of anilines is 1. The van der Waals surface area contributed by atoms with Crippen LogP contribution in [-0.2, 0) is 12.7 Å². The molecule has 3 rings (SSSR count). The molecule has 0 atom stereocenters. The Kier molecular flexibility index (Phi) is 5.35. The Morgan fingerprint density at radius 2 is 1.75 bits per heavy atom. The molecule has 4 nitrogen and oxygen atoms in total. The largest absolute Gasteiger partial charge is 0.416 e. The maximum atomic E-state index is 12.9. The highest BCUT2D eigenvalue weighted by molar-refractivity contribution is 6.03. The van der Waals surface area contributed by atoms with Crippen LogP contribution in [0.15, 0.2) is 71.7 Å². The van der Waals surface area contributed by atoms with E-state index >= 15 is 0 Å². The summed E-state index contributed by atoms with van der Waals surface area (Å²) in [7, 11) is 0. The lowest BCUT2D eigenvalue weighted by Gasteiger charge is -2.11. The fourth-order valence-corrected chi connectivity index (χ4v) is 2.71. The number of alkyl halides is 3. The lowest BCUT2D eigenvalue weighted by Crippen LogP contribution is -2.29. The zero-order valence-corrected chi connectivity index (χ0v) is 15.0. The van der Waals surface area contributed by atoms with Crippen molar-refractivity contribution in [2.45, 2.75) is 19.6 Å².